The van der Waals surface area contributed by atoms with Crippen LogP contribution in [-0.2, 0) is 0 Å². The molecular weight excluding hydrogens is 271 g/mol. The van der Waals surface area contributed by atoms with Crippen LogP contribution in [0.2, 0.25) is 0 Å². The van der Waals surface area contributed by atoms with E-state index in [1.807, 2.05) is 6.07 Å². The lowest BCUT2D eigenvalue weighted by Gasteiger charge is -2.09. The Bertz CT molecular complexity index is 660. The second-order valence-corrected chi connectivity index (χ2v) is 3.84. The predicted molar refractivity (Wildman–Crippen MR) is 65.5 cm³/mol. The van der Waals surface area contributed by atoms with Crippen LogP contribution in [0.1, 0.15) is 5.56 Å². The molecule has 0 amide bonds. The smallest absolute Gasteiger partial charge is 0.406 e. The summed E-state index contributed by atoms with van der Waals surface area (Å²) in [4.78, 5) is 4.02. The number of anilines is 1. The number of hydrogen-bond acceptors (Lipinski definition) is 4. The van der Waals surface area contributed by atoms with Gasteiger partial charge in [-0.2, -0.15) is 5.26 Å². The van der Waals surface area contributed by atoms with Crippen LogP contribution in [0.3, 0.4) is 0 Å². The Morgan fingerprint density at radius 1 is 1.20 bits per heavy atom. The number of nitrogens with two attached hydrogens (primary N) is 1. The highest BCUT2D eigenvalue weighted by Gasteiger charge is 2.30. The molecule has 0 bridgehead atoms. The molecule has 2 rings (SSSR count). The Labute approximate surface area is 112 Å². The van der Waals surface area contributed by atoms with Gasteiger partial charge in [-0.05, 0) is 30.3 Å². The van der Waals surface area contributed by atoms with Crippen molar-refractivity contribution < 1.29 is 17.9 Å². The largest absolute Gasteiger partial charge is 0.573 e. The number of rotatable bonds is 2. The number of nitriles is 1. The standard InChI is InChI=1S/C13H8F3N3O/c14-13(15,16)20-10-3-1-8(2-4-10)12-5-9(6-17)11(18)7-19-12/h1-5,7H,18H2. The molecule has 7 heteroatoms. The van der Waals surface area contributed by atoms with Crippen LogP contribution in [0.15, 0.2) is 36.5 Å². The van der Waals surface area contributed by atoms with E-state index in [4.69, 9.17) is 11.0 Å². The zero-order valence-corrected chi connectivity index (χ0v) is 9.98. The molecule has 0 saturated carbocycles. The average molecular weight is 279 g/mol. The maximum absolute atomic E-state index is 12.0. The number of nitrogens with zero attached hydrogens (tertiary/aromatic N) is 2. The minimum absolute atomic E-state index is 0.244. The minimum Gasteiger partial charge on any atom is -0.406 e. The van der Waals surface area contributed by atoms with Gasteiger partial charge in [-0.25, -0.2) is 0 Å². The molecule has 20 heavy (non-hydrogen) atoms. The van der Waals surface area contributed by atoms with E-state index in [1.165, 1.54) is 36.5 Å². The lowest BCUT2D eigenvalue weighted by atomic mass is 10.1. The molecule has 102 valence electrons. The molecule has 4 nitrogen and oxygen atoms in total. The van der Waals surface area contributed by atoms with Crippen molar-refractivity contribution in [3.63, 3.8) is 0 Å². The molecule has 0 radical (unpaired) electrons. The molecule has 0 aliphatic heterocycles. The first kappa shape index (κ1) is 13.7. The zero-order chi connectivity index (χ0) is 14.8. The number of aromatic nitrogens is 1. The van der Waals surface area contributed by atoms with Crippen LogP contribution in [0.25, 0.3) is 11.3 Å². The van der Waals surface area contributed by atoms with Gasteiger partial charge in [0.1, 0.15) is 11.8 Å². The van der Waals surface area contributed by atoms with E-state index < -0.39 is 6.36 Å². The van der Waals surface area contributed by atoms with Crippen molar-refractivity contribution >= 4 is 5.69 Å². The Kier molecular flexibility index (Phi) is 3.48. The highest BCUT2D eigenvalue weighted by molar-refractivity contribution is 5.65. The summed E-state index contributed by atoms with van der Waals surface area (Å²) in [5.41, 5.74) is 7.03. The fourth-order valence-electron chi connectivity index (χ4n) is 1.55. The molecule has 0 fully saturated rings. The zero-order valence-electron chi connectivity index (χ0n) is 9.98. The van der Waals surface area contributed by atoms with Gasteiger partial charge in [0.2, 0.25) is 0 Å². The molecule has 1 heterocycles. The molecule has 2 N–H and O–H groups in total. The Morgan fingerprint density at radius 2 is 1.85 bits per heavy atom. The summed E-state index contributed by atoms with van der Waals surface area (Å²) in [5.74, 6) is -0.322. The van der Waals surface area contributed by atoms with E-state index in [0.717, 1.165) is 0 Å². The van der Waals surface area contributed by atoms with Crippen molar-refractivity contribution in [2.24, 2.45) is 0 Å². The van der Waals surface area contributed by atoms with E-state index in [9.17, 15) is 13.2 Å². The van der Waals surface area contributed by atoms with Crippen molar-refractivity contribution in [1.82, 2.24) is 4.98 Å². The molecule has 0 aliphatic rings. The first-order chi connectivity index (χ1) is 9.39. The second kappa shape index (κ2) is 5.09. The Morgan fingerprint density at radius 3 is 2.40 bits per heavy atom. The topological polar surface area (TPSA) is 71.9 Å². The van der Waals surface area contributed by atoms with Gasteiger partial charge in [0, 0.05) is 5.56 Å². The number of benzene rings is 1. The Balaban J connectivity index is 2.29. The lowest BCUT2D eigenvalue weighted by molar-refractivity contribution is -0.274. The van der Waals surface area contributed by atoms with E-state index in [-0.39, 0.29) is 17.0 Å². The van der Waals surface area contributed by atoms with Gasteiger partial charge in [0.15, 0.2) is 0 Å². The average Bonchev–Trinajstić information content (AvgIpc) is 2.38. The number of ether oxygens (including phenoxy) is 1. The van der Waals surface area contributed by atoms with E-state index >= 15 is 0 Å². The molecule has 0 atom stereocenters. The maximum atomic E-state index is 12.0. The van der Waals surface area contributed by atoms with Crippen molar-refractivity contribution in [3.8, 4) is 23.1 Å². The third kappa shape index (κ3) is 3.17. The van der Waals surface area contributed by atoms with Crippen LogP contribution in [-0.4, -0.2) is 11.3 Å². The fourth-order valence-corrected chi connectivity index (χ4v) is 1.55. The van der Waals surface area contributed by atoms with Gasteiger partial charge in [-0.3, -0.25) is 4.98 Å². The molecule has 0 aliphatic carbocycles. The van der Waals surface area contributed by atoms with Crippen LogP contribution in [0.5, 0.6) is 5.75 Å². The number of alkyl halides is 3. The molecule has 0 unspecified atom stereocenters. The number of nitrogen functional groups attached to an aromatic ring is 1. The lowest BCUT2D eigenvalue weighted by Crippen LogP contribution is -2.16. The van der Waals surface area contributed by atoms with Crippen LogP contribution in [0, 0.1) is 11.3 Å². The first-order valence-corrected chi connectivity index (χ1v) is 5.41. The monoisotopic (exact) mass is 279 g/mol. The number of halogens is 3. The number of pyridine rings is 1. The van der Waals surface area contributed by atoms with Gasteiger partial charge in [-0.1, -0.05) is 0 Å². The van der Waals surface area contributed by atoms with Crippen molar-refractivity contribution in [2.45, 2.75) is 6.36 Å². The van der Waals surface area contributed by atoms with Gasteiger partial charge in [0.05, 0.1) is 23.1 Å². The van der Waals surface area contributed by atoms with E-state index in [2.05, 4.69) is 9.72 Å². The second-order valence-electron chi connectivity index (χ2n) is 3.84. The first-order valence-electron chi connectivity index (χ1n) is 5.41. The van der Waals surface area contributed by atoms with Crippen molar-refractivity contribution in [3.05, 3.63) is 42.1 Å². The normalized spacial score (nSPS) is 10.9. The molecule has 2 aromatic rings. The Hall–Kier alpha value is -2.75. The van der Waals surface area contributed by atoms with Gasteiger partial charge >= 0.3 is 6.36 Å². The van der Waals surface area contributed by atoms with Crippen LogP contribution < -0.4 is 10.5 Å². The molecule has 0 saturated heterocycles. The van der Waals surface area contributed by atoms with Gasteiger partial charge in [0.25, 0.3) is 0 Å². The predicted octanol–water partition coefficient (Wildman–Crippen LogP) is 3.10. The quantitative estimate of drug-likeness (QED) is 0.916. The summed E-state index contributed by atoms with van der Waals surface area (Å²) < 4.78 is 39.8. The molecular formula is C13H8F3N3O. The highest BCUT2D eigenvalue weighted by Crippen LogP contribution is 2.26. The van der Waals surface area contributed by atoms with Crippen molar-refractivity contribution in [1.29, 1.82) is 5.26 Å². The molecule has 1 aromatic carbocycles. The fraction of sp³-hybridized carbons (Fsp3) is 0.0769. The number of hydrogen-bond donors (Lipinski definition) is 1. The third-order valence-electron chi connectivity index (χ3n) is 2.44. The maximum Gasteiger partial charge on any atom is 0.573 e. The SMILES string of the molecule is N#Cc1cc(-c2ccc(OC(F)(F)F)cc2)ncc1N. The van der Waals surface area contributed by atoms with E-state index in [0.29, 0.717) is 11.3 Å². The van der Waals surface area contributed by atoms with Crippen LogP contribution in [0.4, 0.5) is 18.9 Å². The van der Waals surface area contributed by atoms with Gasteiger partial charge in [-0.15, -0.1) is 13.2 Å². The minimum atomic E-state index is -4.73. The summed E-state index contributed by atoms with van der Waals surface area (Å²) in [6, 6.07) is 8.56. The van der Waals surface area contributed by atoms with Crippen molar-refractivity contribution in [2.75, 3.05) is 5.73 Å². The summed E-state index contributed by atoms with van der Waals surface area (Å²) >= 11 is 0. The van der Waals surface area contributed by atoms with Gasteiger partial charge < -0.3 is 10.5 Å². The third-order valence-corrected chi connectivity index (χ3v) is 2.44. The summed E-state index contributed by atoms with van der Waals surface area (Å²) in [6.07, 6.45) is -3.40. The summed E-state index contributed by atoms with van der Waals surface area (Å²) in [6.45, 7) is 0. The summed E-state index contributed by atoms with van der Waals surface area (Å²) in [5, 5.41) is 8.86. The van der Waals surface area contributed by atoms with Crippen LogP contribution >= 0.6 is 0 Å². The van der Waals surface area contributed by atoms with E-state index in [1.54, 1.807) is 0 Å². The molecule has 1 aromatic heterocycles. The summed E-state index contributed by atoms with van der Waals surface area (Å²) in [7, 11) is 0. The molecule has 0 spiro atoms. The highest BCUT2D eigenvalue weighted by atomic mass is 19.4.